The van der Waals surface area contributed by atoms with E-state index in [1.54, 1.807) is 11.8 Å². The summed E-state index contributed by atoms with van der Waals surface area (Å²) in [5.41, 5.74) is 3.79. The Hall–Kier alpha value is -2.50. The maximum atomic E-state index is 12.9. The van der Waals surface area contributed by atoms with Crippen LogP contribution in [0.5, 0.6) is 5.75 Å². The lowest BCUT2D eigenvalue weighted by molar-refractivity contribution is 0.244. The lowest BCUT2D eigenvalue weighted by Gasteiger charge is -2.25. The predicted octanol–water partition coefficient (Wildman–Crippen LogP) is 3.39. The van der Waals surface area contributed by atoms with Gasteiger partial charge in [0, 0.05) is 42.8 Å². The summed E-state index contributed by atoms with van der Waals surface area (Å²) >= 11 is 6.08. The summed E-state index contributed by atoms with van der Waals surface area (Å²) in [6.45, 7) is 2.31. The minimum Gasteiger partial charge on any atom is -0.497 e. The fourth-order valence-electron chi connectivity index (χ4n) is 3.42. The van der Waals surface area contributed by atoms with Crippen LogP contribution in [0.2, 0.25) is 5.02 Å². The number of nitrogens with one attached hydrogen (secondary N) is 1. The van der Waals surface area contributed by atoms with Gasteiger partial charge in [-0.05, 0) is 29.8 Å². The molecule has 2 heterocycles. The summed E-state index contributed by atoms with van der Waals surface area (Å²) < 4.78 is 6.87. The van der Waals surface area contributed by atoms with Gasteiger partial charge in [-0.25, -0.2) is 4.68 Å². The van der Waals surface area contributed by atoms with Gasteiger partial charge in [0.1, 0.15) is 5.75 Å². The number of hydrogen-bond acceptors (Lipinski definition) is 3. The Morgan fingerprint density at radius 2 is 2.04 bits per heavy atom. The summed E-state index contributed by atoms with van der Waals surface area (Å²) in [5, 5.41) is 4.00. The van der Waals surface area contributed by atoms with Crippen molar-refractivity contribution in [1.29, 1.82) is 0 Å². The van der Waals surface area contributed by atoms with Crippen LogP contribution in [-0.2, 0) is 19.5 Å². The second-order valence-corrected chi connectivity index (χ2v) is 6.94. The monoisotopic (exact) mass is 369 g/mol. The number of aromatic amines is 1. The zero-order valence-electron chi connectivity index (χ0n) is 14.5. The SMILES string of the molecule is COc1cccc(-n2[nH]c3c(c2=O)CN(Cc2cccc(Cl)c2)CC3)c1. The van der Waals surface area contributed by atoms with Gasteiger partial charge in [0.05, 0.1) is 18.4 Å². The highest BCUT2D eigenvalue weighted by Crippen LogP contribution is 2.20. The maximum Gasteiger partial charge on any atom is 0.275 e. The summed E-state index contributed by atoms with van der Waals surface area (Å²) in [5.74, 6) is 0.726. The molecule has 0 amide bonds. The van der Waals surface area contributed by atoms with Gasteiger partial charge in [-0.15, -0.1) is 0 Å². The normalized spacial score (nSPS) is 14.2. The molecule has 5 nitrogen and oxygen atoms in total. The Labute approximate surface area is 156 Å². The van der Waals surface area contributed by atoms with Gasteiger partial charge in [0.15, 0.2) is 0 Å². The predicted molar refractivity (Wildman–Crippen MR) is 102 cm³/mol. The first-order chi connectivity index (χ1) is 12.6. The van der Waals surface area contributed by atoms with E-state index >= 15 is 0 Å². The highest BCUT2D eigenvalue weighted by Gasteiger charge is 2.23. The Balaban J connectivity index is 1.60. The molecule has 6 heteroatoms. The molecule has 26 heavy (non-hydrogen) atoms. The average molecular weight is 370 g/mol. The molecule has 0 bridgehead atoms. The van der Waals surface area contributed by atoms with Gasteiger partial charge in [0.2, 0.25) is 0 Å². The highest BCUT2D eigenvalue weighted by atomic mass is 35.5. The third kappa shape index (κ3) is 3.28. The van der Waals surface area contributed by atoms with Crippen molar-refractivity contribution in [3.05, 3.63) is 80.7 Å². The lowest BCUT2D eigenvalue weighted by atomic mass is 10.1. The molecule has 1 N–H and O–H groups in total. The number of hydrogen-bond donors (Lipinski definition) is 1. The molecular formula is C20H20ClN3O2. The van der Waals surface area contributed by atoms with Crippen molar-refractivity contribution in [2.45, 2.75) is 19.5 Å². The minimum absolute atomic E-state index is 0.00375. The Morgan fingerprint density at radius 1 is 1.19 bits per heavy atom. The summed E-state index contributed by atoms with van der Waals surface area (Å²) in [4.78, 5) is 15.2. The van der Waals surface area contributed by atoms with E-state index in [1.807, 2.05) is 42.5 Å². The molecule has 3 aromatic rings. The summed E-state index contributed by atoms with van der Waals surface area (Å²) in [6.07, 6.45) is 0.822. The molecule has 0 spiro atoms. The van der Waals surface area contributed by atoms with Crippen LogP contribution in [0.25, 0.3) is 5.69 Å². The zero-order valence-corrected chi connectivity index (χ0v) is 15.3. The standard InChI is InChI=1S/C20H20ClN3O2/c1-26-17-7-3-6-16(11-17)24-20(25)18-13-23(9-8-19(18)22-24)12-14-4-2-5-15(21)10-14/h2-7,10-11,22H,8-9,12-13H2,1H3. The summed E-state index contributed by atoms with van der Waals surface area (Å²) in [6, 6.07) is 15.4. The number of fused-ring (bicyclic) bond motifs is 1. The smallest absolute Gasteiger partial charge is 0.275 e. The minimum atomic E-state index is 0.00375. The van der Waals surface area contributed by atoms with E-state index in [2.05, 4.69) is 16.1 Å². The molecule has 0 radical (unpaired) electrons. The van der Waals surface area contributed by atoms with E-state index < -0.39 is 0 Å². The van der Waals surface area contributed by atoms with Crippen LogP contribution in [0, 0.1) is 0 Å². The molecule has 0 atom stereocenters. The fraction of sp³-hybridized carbons (Fsp3) is 0.250. The first kappa shape index (κ1) is 16.9. The van der Waals surface area contributed by atoms with Crippen molar-refractivity contribution in [2.75, 3.05) is 13.7 Å². The van der Waals surface area contributed by atoms with E-state index in [0.29, 0.717) is 6.54 Å². The van der Waals surface area contributed by atoms with Crippen LogP contribution in [0.15, 0.2) is 53.3 Å². The van der Waals surface area contributed by atoms with Gasteiger partial charge >= 0.3 is 0 Å². The number of nitrogens with zero attached hydrogens (tertiary/aromatic N) is 2. The van der Waals surface area contributed by atoms with Gasteiger partial charge in [-0.3, -0.25) is 14.8 Å². The lowest BCUT2D eigenvalue weighted by Crippen LogP contribution is -2.32. The Kier molecular flexibility index (Phi) is 4.57. The van der Waals surface area contributed by atoms with Crippen LogP contribution in [-0.4, -0.2) is 28.3 Å². The largest absolute Gasteiger partial charge is 0.497 e. The molecule has 1 aliphatic heterocycles. The molecule has 1 aromatic heterocycles. The van der Waals surface area contributed by atoms with Crippen molar-refractivity contribution in [1.82, 2.24) is 14.7 Å². The molecule has 2 aromatic carbocycles. The first-order valence-electron chi connectivity index (χ1n) is 8.58. The number of methoxy groups -OCH3 is 1. The van der Waals surface area contributed by atoms with E-state index in [-0.39, 0.29) is 5.56 Å². The second kappa shape index (κ2) is 7.02. The molecule has 1 aliphatic rings. The van der Waals surface area contributed by atoms with Crippen LogP contribution < -0.4 is 10.3 Å². The average Bonchev–Trinajstić information content (AvgIpc) is 2.98. The van der Waals surface area contributed by atoms with E-state index in [9.17, 15) is 4.79 Å². The molecule has 0 fully saturated rings. The number of benzene rings is 2. The van der Waals surface area contributed by atoms with E-state index in [1.165, 1.54) is 0 Å². The van der Waals surface area contributed by atoms with E-state index in [4.69, 9.17) is 16.3 Å². The molecule has 0 saturated carbocycles. The van der Waals surface area contributed by atoms with Gasteiger partial charge in [-0.1, -0.05) is 29.8 Å². The third-order valence-corrected chi connectivity index (χ3v) is 4.97. The fourth-order valence-corrected chi connectivity index (χ4v) is 3.63. The van der Waals surface area contributed by atoms with Crippen LogP contribution in [0.3, 0.4) is 0 Å². The second-order valence-electron chi connectivity index (χ2n) is 6.50. The Bertz CT molecular complexity index is 993. The molecule has 0 unspecified atom stereocenters. The number of ether oxygens (including phenoxy) is 1. The maximum absolute atomic E-state index is 12.9. The number of H-pyrrole nitrogens is 1. The molecule has 0 aliphatic carbocycles. The number of rotatable bonds is 4. The number of aromatic nitrogens is 2. The first-order valence-corrected chi connectivity index (χ1v) is 8.96. The van der Waals surface area contributed by atoms with Gasteiger partial charge in [0.25, 0.3) is 5.56 Å². The van der Waals surface area contributed by atoms with Gasteiger partial charge in [-0.2, -0.15) is 0 Å². The third-order valence-electron chi connectivity index (χ3n) is 4.74. The van der Waals surface area contributed by atoms with E-state index in [0.717, 1.165) is 52.8 Å². The van der Waals surface area contributed by atoms with Crippen LogP contribution in [0.1, 0.15) is 16.8 Å². The summed E-state index contributed by atoms with van der Waals surface area (Å²) in [7, 11) is 1.62. The van der Waals surface area contributed by atoms with Gasteiger partial charge < -0.3 is 4.74 Å². The van der Waals surface area contributed by atoms with Crippen LogP contribution >= 0.6 is 11.6 Å². The molecule has 0 saturated heterocycles. The quantitative estimate of drug-likeness (QED) is 0.767. The van der Waals surface area contributed by atoms with Crippen LogP contribution in [0.4, 0.5) is 0 Å². The van der Waals surface area contributed by atoms with Crippen molar-refractivity contribution in [3.63, 3.8) is 0 Å². The zero-order chi connectivity index (χ0) is 18.1. The number of halogens is 1. The molecular weight excluding hydrogens is 350 g/mol. The molecule has 4 rings (SSSR count). The van der Waals surface area contributed by atoms with Crippen molar-refractivity contribution in [2.24, 2.45) is 0 Å². The molecule has 134 valence electrons. The van der Waals surface area contributed by atoms with Crippen molar-refractivity contribution >= 4 is 11.6 Å². The highest BCUT2D eigenvalue weighted by molar-refractivity contribution is 6.30. The topological polar surface area (TPSA) is 50.3 Å². The Morgan fingerprint density at radius 3 is 2.85 bits per heavy atom. The van der Waals surface area contributed by atoms with Crippen molar-refractivity contribution in [3.8, 4) is 11.4 Å². The van der Waals surface area contributed by atoms with Crippen molar-refractivity contribution < 1.29 is 4.74 Å².